The smallest absolute Gasteiger partial charge is 0.404 e. The zero-order valence-corrected chi connectivity index (χ0v) is 15.7. The van der Waals surface area contributed by atoms with Crippen LogP contribution in [0, 0.1) is 0 Å². The number of nitrogen functional groups attached to an aromatic ring is 1. The van der Waals surface area contributed by atoms with E-state index in [1.165, 1.54) is 0 Å². The average Bonchev–Trinajstić information content (AvgIpc) is 3.13. The summed E-state index contributed by atoms with van der Waals surface area (Å²) in [6.07, 6.45) is 1.65. The van der Waals surface area contributed by atoms with Crippen LogP contribution in [0.4, 0.5) is 21.2 Å². The number of amides is 3. The minimum Gasteiger partial charge on any atom is -0.450 e. The Labute approximate surface area is 157 Å². The first-order valence-electron chi connectivity index (χ1n) is 9.11. The number of unbranched alkanes of at least 4 members (excludes halogenated alkanes) is 1. The van der Waals surface area contributed by atoms with Gasteiger partial charge in [-0.2, -0.15) is 0 Å². The number of fused-ring (bicyclic) bond motifs is 1. The number of rotatable bonds is 7. The first kappa shape index (κ1) is 18.8. The van der Waals surface area contributed by atoms with Crippen LogP contribution in [0.2, 0.25) is 0 Å². The molecule has 1 aliphatic rings. The number of carbonyl (C=O) groups excluding carboxylic acids is 2. The van der Waals surface area contributed by atoms with E-state index in [2.05, 4.69) is 11.9 Å². The summed E-state index contributed by atoms with van der Waals surface area (Å²) in [7, 11) is 1.80. The van der Waals surface area contributed by atoms with Crippen molar-refractivity contribution >= 4 is 34.8 Å². The van der Waals surface area contributed by atoms with Gasteiger partial charge in [0.1, 0.15) is 0 Å². The summed E-state index contributed by atoms with van der Waals surface area (Å²) in [6.45, 7) is 3.70. The third kappa shape index (κ3) is 3.76. The third-order valence-corrected chi connectivity index (χ3v) is 4.92. The number of hydrogen-bond acceptors (Lipinski definition) is 5. The first-order chi connectivity index (χ1) is 12.9. The van der Waals surface area contributed by atoms with Crippen LogP contribution in [0.3, 0.4) is 0 Å². The van der Waals surface area contributed by atoms with Crippen LogP contribution in [-0.4, -0.2) is 53.3 Å². The highest BCUT2D eigenvalue weighted by atomic mass is 16.5. The number of ether oxygens (including phenoxy) is 1. The van der Waals surface area contributed by atoms with E-state index in [4.69, 9.17) is 16.2 Å². The van der Waals surface area contributed by atoms with Crippen molar-refractivity contribution in [1.82, 2.24) is 14.5 Å². The molecule has 1 saturated heterocycles. The van der Waals surface area contributed by atoms with Crippen LogP contribution < -0.4 is 16.4 Å². The van der Waals surface area contributed by atoms with E-state index in [0.717, 1.165) is 36.0 Å². The number of para-hydroxylation sites is 1. The fourth-order valence-electron chi connectivity index (χ4n) is 3.53. The van der Waals surface area contributed by atoms with Gasteiger partial charge in [0.2, 0.25) is 5.95 Å². The summed E-state index contributed by atoms with van der Waals surface area (Å²) < 4.78 is 6.75. The van der Waals surface area contributed by atoms with E-state index in [0.29, 0.717) is 25.6 Å². The van der Waals surface area contributed by atoms with Gasteiger partial charge >= 0.3 is 12.1 Å². The summed E-state index contributed by atoms with van der Waals surface area (Å²) in [5.74, 6) is 0.429. The molecule has 27 heavy (non-hydrogen) atoms. The quantitative estimate of drug-likeness (QED) is 0.721. The number of hydrogen-bond donors (Lipinski definition) is 2. The fourth-order valence-corrected chi connectivity index (χ4v) is 3.53. The van der Waals surface area contributed by atoms with Crippen molar-refractivity contribution < 1.29 is 14.3 Å². The van der Waals surface area contributed by atoms with Gasteiger partial charge in [0.05, 0.1) is 23.3 Å². The number of urea groups is 1. The Morgan fingerprint density at radius 1 is 1.33 bits per heavy atom. The highest BCUT2D eigenvalue weighted by Gasteiger charge is 2.29. The van der Waals surface area contributed by atoms with Gasteiger partial charge in [0, 0.05) is 26.2 Å². The van der Waals surface area contributed by atoms with Crippen molar-refractivity contribution in [3.63, 3.8) is 0 Å². The molecule has 0 radical (unpaired) electrons. The molecule has 9 nitrogen and oxygen atoms in total. The number of nitrogens with two attached hydrogens (primary N) is 2. The van der Waals surface area contributed by atoms with Crippen LogP contribution in [0.15, 0.2) is 18.2 Å². The minimum atomic E-state index is -0.752. The number of primary amides is 1. The highest BCUT2D eigenvalue weighted by Crippen LogP contribution is 2.34. The molecule has 3 amide bonds. The van der Waals surface area contributed by atoms with Crippen molar-refractivity contribution in [3.8, 4) is 0 Å². The normalized spacial score (nSPS) is 15.6. The van der Waals surface area contributed by atoms with Gasteiger partial charge in [-0.3, -0.25) is 4.90 Å². The predicted molar refractivity (Wildman–Crippen MR) is 104 cm³/mol. The number of likely N-dealkylation sites (N-methyl/N-ethyl adjacent to an activating group) is 1. The molecule has 146 valence electrons. The molecular formula is C18H26N6O3. The van der Waals surface area contributed by atoms with Crippen LogP contribution in [0.5, 0.6) is 0 Å². The lowest BCUT2D eigenvalue weighted by molar-refractivity contribution is 0.154. The van der Waals surface area contributed by atoms with Gasteiger partial charge in [-0.25, -0.2) is 14.6 Å². The Hall–Kier alpha value is -2.97. The summed E-state index contributed by atoms with van der Waals surface area (Å²) in [4.78, 5) is 31.1. The summed E-state index contributed by atoms with van der Waals surface area (Å²) in [5.41, 5.74) is 13.6. The lowest BCUT2D eigenvalue weighted by Gasteiger charge is -2.21. The molecule has 1 fully saturated rings. The summed E-state index contributed by atoms with van der Waals surface area (Å²) >= 11 is 0. The Bertz CT molecular complexity index is 849. The largest absolute Gasteiger partial charge is 0.450 e. The molecule has 0 bridgehead atoms. The molecule has 0 aliphatic carbocycles. The maximum absolute atomic E-state index is 12.5. The van der Waals surface area contributed by atoms with E-state index in [9.17, 15) is 9.59 Å². The standard InChI is InChI=1S/C18H26N6O3/c1-12(6-3-4-11-27-17(20)25)24-15-13(21-16(24)19)7-5-8-14(15)23-10-9-22(2)18(23)26/h5,7-8,12H,3-4,6,9-11H2,1-2H3,(H2,19,21)(H2,20,25)/t12-/m1/s1. The van der Waals surface area contributed by atoms with Crippen LogP contribution in [0.25, 0.3) is 11.0 Å². The van der Waals surface area contributed by atoms with Crippen molar-refractivity contribution in [1.29, 1.82) is 0 Å². The van der Waals surface area contributed by atoms with Gasteiger partial charge in [-0.1, -0.05) is 6.07 Å². The summed E-state index contributed by atoms with van der Waals surface area (Å²) in [5, 5.41) is 0. The number of nitrogens with zero attached hydrogens (tertiary/aromatic N) is 4. The molecule has 0 unspecified atom stereocenters. The van der Waals surface area contributed by atoms with E-state index in [1.54, 1.807) is 16.8 Å². The van der Waals surface area contributed by atoms with Crippen LogP contribution >= 0.6 is 0 Å². The van der Waals surface area contributed by atoms with Gasteiger partial charge in [0.15, 0.2) is 0 Å². The Morgan fingerprint density at radius 2 is 2.11 bits per heavy atom. The predicted octanol–water partition coefficient (Wildman–Crippen LogP) is 2.32. The molecule has 9 heteroatoms. The van der Waals surface area contributed by atoms with Gasteiger partial charge in [-0.05, 0) is 38.3 Å². The van der Waals surface area contributed by atoms with E-state index >= 15 is 0 Å². The Balaban J connectivity index is 1.83. The molecular weight excluding hydrogens is 348 g/mol. The maximum Gasteiger partial charge on any atom is 0.404 e. The molecule has 1 aromatic carbocycles. The molecule has 1 aromatic heterocycles. The molecule has 3 rings (SSSR count). The molecule has 2 aromatic rings. The van der Waals surface area contributed by atoms with Crippen molar-refractivity contribution in [2.24, 2.45) is 5.73 Å². The fraction of sp³-hybridized carbons (Fsp3) is 0.500. The monoisotopic (exact) mass is 374 g/mol. The second kappa shape index (κ2) is 7.73. The highest BCUT2D eigenvalue weighted by molar-refractivity contribution is 6.02. The lowest BCUT2D eigenvalue weighted by atomic mass is 10.1. The first-order valence-corrected chi connectivity index (χ1v) is 9.11. The van der Waals surface area contributed by atoms with Gasteiger partial charge in [0.25, 0.3) is 0 Å². The van der Waals surface area contributed by atoms with Crippen molar-refractivity contribution in [2.45, 2.75) is 32.2 Å². The van der Waals surface area contributed by atoms with Crippen LogP contribution in [-0.2, 0) is 4.74 Å². The number of imidazole rings is 1. The number of anilines is 2. The van der Waals surface area contributed by atoms with E-state index in [1.807, 2.05) is 22.8 Å². The second-order valence-corrected chi connectivity index (χ2v) is 6.85. The Morgan fingerprint density at radius 3 is 2.78 bits per heavy atom. The molecule has 0 spiro atoms. The molecule has 1 aliphatic heterocycles. The molecule has 4 N–H and O–H groups in total. The average molecular weight is 374 g/mol. The second-order valence-electron chi connectivity index (χ2n) is 6.85. The lowest BCUT2D eigenvalue weighted by Crippen LogP contribution is -2.29. The number of benzene rings is 1. The van der Waals surface area contributed by atoms with Crippen molar-refractivity contribution in [3.05, 3.63) is 18.2 Å². The van der Waals surface area contributed by atoms with E-state index < -0.39 is 6.09 Å². The molecule has 0 saturated carbocycles. The molecule has 2 heterocycles. The van der Waals surface area contributed by atoms with E-state index in [-0.39, 0.29) is 12.1 Å². The summed E-state index contributed by atoms with van der Waals surface area (Å²) in [6, 6.07) is 5.80. The van der Waals surface area contributed by atoms with Gasteiger partial charge in [-0.15, -0.1) is 0 Å². The van der Waals surface area contributed by atoms with Gasteiger partial charge < -0.3 is 25.7 Å². The van der Waals surface area contributed by atoms with Crippen molar-refractivity contribution in [2.75, 3.05) is 37.4 Å². The van der Waals surface area contributed by atoms with Crippen LogP contribution in [0.1, 0.15) is 32.2 Å². The number of aromatic nitrogens is 2. The topological polar surface area (TPSA) is 120 Å². The SMILES string of the molecule is C[C@H](CCCCOC(N)=O)n1c(N)nc2cccc(N3CCN(C)C3=O)c21. The third-order valence-electron chi connectivity index (χ3n) is 4.92. The zero-order valence-electron chi connectivity index (χ0n) is 15.7. The zero-order chi connectivity index (χ0) is 19.6. The Kier molecular flexibility index (Phi) is 5.38. The maximum atomic E-state index is 12.5. The number of carbonyl (C=O) groups is 2. The minimum absolute atomic E-state index is 0.0231. The molecule has 1 atom stereocenters.